The van der Waals surface area contributed by atoms with E-state index in [2.05, 4.69) is 10.1 Å². The Morgan fingerprint density at radius 2 is 2.00 bits per heavy atom. The molecule has 0 saturated carbocycles. The molecule has 1 aromatic carbocycles. The summed E-state index contributed by atoms with van der Waals surface area (Å²) in [4.78, 5) is 18.7. The fourth-order valence-corrected chi connectivity index (χ4v) is 2.53. The van der Waals surface area contributed by atoms with E-state index in [1.807, 2.05) is 30.3 Å². The largest absolute Gasteiger partial charge is 0.411 e. The number of aromatic nitrogens is 1. The molecule has 3 rings (SSSR count). The standard InChI is InChI=1S/C15H15N3O2/c19-15(18-9-6-11(17-20)7-10-18)13-3-1-5-14-12(13)4-2-8-16-14/h1-5,8,20H,6-7,9-10H2. The van der Waals surface area contributed by atoms with Crippen LogP contribution in [0, 0.1) is 0 Å². The lowest BCUT2D eigenvalue weighted by molar-refractivity contribution is 0.0755. The maximum Gasteiger partial charge on any atom is 0.254 e. The number of benzene rings is 1. The van der Waals surface area contributed by atoms with Gasteiger partial charge in [0, 0.05) is 43.1 Å². The van der Waals surface area contributed by atoms with Crippen LogP contribution >= 0.6 is 0 Å². The second-order valence-corrected chi connectivity index (χ2v) is 4.83. The molecular formula is C15H15N3O2. The summed E-state index contributed by atoms with van der Waals surface area (Å²) in [5.41, 5.74) is 2.27. The minimum atomic E-state index is 0.0144. The second-order valence-electron chi connectivity index (χ2n) is 4.83. The molecule has 1 amide bonds. The number of likely N-dealkylation sites (tertiary alicyclic amines) is 1. The summed E-state index contributed by atoms with van der Waals surface area (Å²) < 4.78 is 0. The molecule has 0 aliphatic carbocycles. The molecule has 0 radical (unpaired) electrons. The predicted octanol–water partition coefficient (Wildman–Crippen LogP) is 2.30. The molecule has 1 N–H and O–H groups in total. The lowest BCUT2D eigenvalue weighted by Crippen LogP contribution is -2.38. The number of hydrogen-bond donors (Lipinski definition) is 1. The van der Waals surface area contributed by atoms with E-state index in [0.29, 0.717) is 31.5 Å². The number of fused-ring (bicyclic) bond motifs is 1. The molecule has 2 aromatic rings. The zero-order chi connectivity index (χ0) is 13.9. The van der Waals surface area contributed by atoms with Gasteiger partial charge in [-0.05, 0) is 18.2 Å². The Balaban J connectivity index is 1.90. The minimum absolute atomic E-state index is 0.0144. The Bertz CT molecular complexity index is 666. The van der Waals surface area contributed by atoms with Crippen molar-refractivity contribution in [2.45, 2.75) is 12.8 Å². The van der Waals surface area contributed by atoms with Gasteiger partial charge in [0.25, 0.3) is 5.91 Å². The molecular weight excluding hydrogens is 254 g/mol. The summed E-state index contributed by atoms with van der Waals surface area (Å²) in [5, 5.41) is 12.9. The molecule has 5 heteroatoms. The molecule has 2 heterocycles. The van der Waals surface area contributed by atoms with Crippen LogP contribution in [-0.4, -0.2) is 39.8 Å². The molecule has 20 heavy (non-hydrogen) atoms. The van der Waals surface area contributed by atoms with Crippen LogP contribution in [0.5, 0.6) is 0 Å². The van der Waals surface area contributed by atoms with Crippen LogP contribution in [0.25, 0.3) is 10.9 Å². The highest BCUT2D eigenvalue weighted by atomic mass is 16.4. The smallest absolute Gasteiger partial charge is 0.254 e. The third-order valence-electron chi connectivity index (χ3n) is 3.65. The maximum absolute atomic E-state index is 12.6. The first-order valence-electron chi connectivity index (χ1n) is 6.62. The molecule has 0 bridgehead atoms. The number of rotatable bonds is 1. The molecule has 1 aliphatic rings. The van der Waals surface area contributed by atoms with Gasteiger partial charge in [-0.3, -0.25) is 9.78 Å². The number of hydrogen-bond acceptors (Lipinski definition) is 4. The number of carbonyl (C=O) groups excluding carboxylic acids is 1. The van der Waals surface area contributed by atoms with E-state index in [1.54, 1.807) is 11.1 Å². The summed E-state index contributed by atoms with van der Waals surface area (Å²) in [5.74, 6) is 0.0144. The van der Waals surface area contributed by atoms with E-state index >= 15 is 0 Å². The van der Waals surface area contributed by atoms with Crippen LogP contribution in [0.15, 0.2) is 41.7 Å². The molecule has 102 valence electrons. The van der Waals surface area contributed by atoms with Crippen LogP contribution in [0.4, 0.5) is 0 Å². The number of pyridine rings is 1. The predicted molar refractivity (Wildman–Crippen MR) is 76.1 cm³/mol. The highest BCUT2D eigenvalue weighted by molar-refractivity contribution is 6.06. The summed E-state index contributed by atoms with van der Waals surface area (Å²) in [7, 11) is 0. The quantitative estimate of drug-likeness (QED) is 0.638. The normalized spacial score (nSPS) is 15.4. The zero-order valence-electron chi connectivity index (χ0n) is 11.0. The fraction of sp³-hybridized carbons (Fsp3) is 0.267. The van der Waals surface area contributed by atoms with Crippen molar-refractivity contribution in [3.05, 3.63) is 42.1 Å². The first kappa shape index (κ1) is 12.6. The van der Waals surface area contributed by atoms with Crippen LogP contribution < -0.4 is 0 Å². The number of oxime groups is 1. The van der Waals surface area contributed by atoms with E-state index in [-0.39, 0.29) is 5.91 Å². The molecule has 0 unspecified atom stereocenters. The highest BCUT2D eigenvalue weighted by Crippen LogP contribution is 2.20. The lowest BCUT2D eigenvalue weighted by Gasteiger charge is -2.27. The molecule has 1 fully saturated rings. The van der Waals surface area contributed by atoms with Crippen LogP contribution in [-0.2, 0) is 0 Å². The van der Waals surface area contributed by atoms with Gasteiger partial charge in [-0.2, -0.15) is 0 Å². The Morgan fingerprint density at radius 3 is 2.75 bits per heavy atom. The van der Waals surface area contributed by atoms with Gasteiger partial charge in [-0.1, -0.05) is 17.3 Å². The average molecular weight is 269 g/mol. The Kier molecular flexibility index (Phi) is 3.33. The zero-order valence-corrected chi connectivity index (χ0v) is 11.0. The second kappa shape index (κ2) is 5.28. The van der Waals surface area contributed by atoms with E-state index in [4.69, 9.17) is 5.21 Å². The van der Waals surface area contributed by atoms with Gasteiger partial charge in [-0.25, -0.2) is 0 Å². The van der Waals surface area contributed by atoms with Gasteiger partial charge in [0.05, 0.1) is 11.2 Å². The third kappa shape index (κ3) is 2.22. The molecule has 0 spiro atoms. The molecule has 5 nitrogen and oxygen atoms in total. The minimum Gasteiger partial charge on any atom is -0.411 e. The Hall–Kier alpha value is -2.43. The van der Waals surface area contributed by atoms with Crippen LogP contribution in [0.2, 0.25) is 0 Å². The van der Waals surface area contributed by atoms with Gasteiger partial charge in [-0.15, -0.1) is 0 Å². The van der Waals surface area contributed by atoms with E-state index < -0.39 is 0 Å². The monoisotopic (exact) mass is 269 g/mol. The van der Waals surface area contributed by atoms with Crippen molar-refractivity contribution in [2.24, 2.45) is 5.16 Å². The molecule has 0 atom stereocenters. The van der Waals surface area contributed by atoms with E-state index in [1.165, 1.54) is 0 Å². The van der Waals surface area contributed by atoms with Gasteiger partial charge in [0.1, 0.15) is 0 Å². The summed E-state index contributed by atoms with van der Waals surface area (Å²) in [6, 6.07) is 9.35. The van der Waals surface area contributed by atoms with Gasteiger partial charge in [0.2, 0.25) is 0 Å². The van der Waals surface area contributed by atoms with E-state index in [0.717, 1.165) is 16.6 Å². The number of amides is 1. The van der Waals surface area contributed by atoms with Crippen molar-refractivity contribution >= 4 is 22.5 Å². The van der Waals surface area contributed by atoms with Crippen molar-refractivity contribution in [3.8, 4) is 0 Å². The average Bonchev–Trinajstić information content (AvgIpc) is 2.54. The van der Waals surface area contributed by atoms with Crippen molar-refractivity contribution in [2.75, 3.05) is 13.1 Å². The van der Waals surface area contributed by atoms with Gasteiger partial charge >= 0.3 is 0 Å². The highest BCUT2D eigenvalue weighted by Gasteiger charge is 2.22. The van der Waals surface area contributed by atoms with Crippen molar-refractivity contribution in [1.82, 2.24) is 9.88 Å². The first-order chi connectivity index (χ1) is 9.79. The lowest BCUT2D eigenvalue weighted by atomic mass is 10.0. The summed E-state index contributed by atoms with van der Waals surface area (Å²) in [6.45, 7) is 1.18. The summed E-state index contributed by atoms with van der Waals surface area (Å²) >= 11 is 0. The SMILES string of the molecule is O=C(c1cccc2ncccc12)N1CCC(=NO)CC1. The number of piperidine rings is 1. The third-order valence-corrected chi connectivity index (χ3v) is 3.65. The maximum atomic E-state index is 12.6. The van der Waals surface area contributed by atoms with Crippen molar-refractivity contribution in [1.29, 1.82) is 0 Å². The Morgan fingerprint density at radius 1 is 1.20 bits per heavy atom. The van der Waals surface area contributed by atoms with Crippen LogP contribution in [0.1, 0.15) is 23.2 Å². The Labute approximate surface area is 116 Å². The summed E-state index contributed by atoms with van der Waals surface area (Å²) in [6.07, 6.45) is 2.98. The number of nitrogens with zero attached hydrogens (tertiary/aromatic N) is 3. The van der Waals surface area contributed by atoms with Gasteiger partial charge in [0.15, 0.2) is 0 Å². The first-order valence-corrected chi connectivity index (χ1v) is 6.62. The van der Waals surface area contributed by atoms with Crippen LogP contribution in [0.3, 0.4) is 0 Å². The number of carbonyl (C=O) groups is 1. The molecule has 1 aliphatic heterocycles. The topological polar surface area (TPSA) is 65.8 Å². The molecule has 1 aromatic heterocycles. The fourth-order valence-electron chi connectivity index (χ4n) is 2.53. The van der Waals surface area contributed by atoms with Crippen molar-refractivity contribution < 1.29 is 10.0 Å². The van der Waals surface area contributed by atoms with Gasteiger partial charge < -0.3 is 10.1 Å². The van der Waals surface area contributed by atoms with Crippen molar-refractivity contribution in [3.63, 3.8) is 0 Å². The van der Waals surface area contributed by atoms with E-state index in [9.17, 15) is 4.79 Å². The molecule has 1 saturated heterocycles.